The summed E-state index contributed by atoms with van der Waals surface area (Å²) in [5.41, 5.74) is 3.38. The molecule has 1 heterocycles. The van der Waals surface area contributed by atoms with Gasteiger partial charge in [0.25, 0.3) is 0 Å². The number of para-hydroxylation sites is 1. The van der Waals surface area contributed by atoms with Crippen LogP contribution in [0.3, 0.4) is 0 Å². The summed E-state index contributed by atoms with van der Waals surface area (Å²) in [7, 11) is 1.70. The molecule has 3 nitrogen and oxygen atoms in total. The number of pyridine rings is 1. The fourth-order valence-corrected chi connectivity index (χ4v) is 1.95. The maximum atomic E-state index is 5.38. The number of anilines is 1. The summed E-state index contributed by atoms with van der Waals surface area (Å²) in [4.78, 5) is 4.14. The van der Waals surface area contributed by atoms with Crippen LogP contribution in [-0.2, 0) is 0 Å². The third kappa shape index (κ3) is 2.62. The van der Waals surface area contributed by atoms with Crippen LogP contribution in [0.25, 0.3) is 0 Å². The van der Waals surface area contributed by atoms with E-state index in [1.807, 2.05) is 30.5 Å². The minimum Gasteiger partial charge on any atom is -0.496 e. The van der Waals surface area contributed by atoms with Crippen LogP contribution in [-0.4, -0.2) is 12.1 Å². The first-order chi connectivity index (χ1) is 8.72. The van der Waals surface area contributed by atoms with Crippen molar-refractivity contribution in [1.82, 2.24) is 4.98 Å². The number of nitrogens with zero attached hydrogens (tertiary/aromatic N) is 1. The highest BCUT2D eigenvalue weighted by Gasteiger charge is 2.11. The third-order valence-electron chi connectivity index (χ3n) is 3.02. The zero-order valence-electron chi connectivity index (χ0n) is 11.0. The van der Waals surface area contributed by atoms with E-state index >= 15 is 0 Å². The Morgan fingerprint density at radius 1 is 1.22 bits per heavy atom. The Morgan fingerprint density at radius 2 is 2.00 bits per heavy atom. The number of methoxy groups -OCH3 is 1. The molecule has 0 amide bonds. The van der Waals surface area contributed by atoms with Crippen molar-refractivity contribution in [3.63, 3.8) is 0 Å². The summed E-state index contributed by atoms with van der Waals surface area (Å²) in [5.74, 6) is 0.902. The van der Waals surface area contributed by atoms with E-state index < -0.39 is 0 Å². The van der Waals surface area contributed by atoms with Crippen LogP contribution < -0.4 is 10.1 Å². The van der Waals surface area contributed by atoms with Gasteiger partial charge in [0.1, 0.15) is 5.75 Å². The highest BCUT2D eigenvalue weighted by Crippen LogP contribution is 2.27. The number of rotatable bonds is 4. The monoisotopic (exact) mass is 242 g/mol. The Kier molecular flexibility index (Phi) is 3.82. The summed E-state index contributed by atoms with van der Waals surface area (Å²) < 4.78 is 5.38. The van der Waals surface area contributed by atoms with Crippen molar-refractivity contribution >= 4 is 5.69 Å². The highest BCUT2D eigenvalue weighted by molar-refractivity contribution is 5.51. The minimum atomic E-state index is 0.170. The normalized spacial score (nSPS) is 11.9. The van der Waals surface area contributed by atoms with Gasteiger partial charge in [-0.05, 0) is 31.5 Å². The first-order valence-corrected chi connectivity index (χ1v) is 6.02. The second-order valence-electron chi connectivity index (χ2n) is 4.30. The number of nitrogens with one attached hydrogen (secondary N) is 1. The Balaban J connectivity index is 2.22. The largest absolute Gasteiger partial charge is 0.496 e. The van der Waals surface area contributed by atoms with E-state index in [-0.39, 0.29) is 6.04 Å². The molecule has 3 heteroatoms. The maximum absolute atomic E-state index is 5.38. The van der Waals surface area contributed by atoms with E-state index in [2.05, 4.69) is 30.2 Å². The molecule has 1 aromatic heterocycles. The van der Waals surface area contributed by atoms with E-state index in [1.54, 1.807) is 13.3 Å². The topological polar surface area (TPSA) is 34.1 Å². The molecule has 2 rings (SSSR count). The van der Waals surface area contributed by atoms with Gasteiger partial charge in [-0.3, -0.25) is 4.98 Å². The summed E-state index contributed by atoms with van der Waals surface area (Å²) >= 11 is 0. The molecule has 0 spiro atoms. The first kappa shape index (κ1) is 12.4. The molecule has 0 saturated carbocycles. The van der Waals surface area contributed by atoms with Crippen LogP contribution >= 0.6 is 0 Å². The van der Waals surface area contributed by atoms with Crippen molar-refractivity contribution in [3.05, 3.63) is 53.9 Å². The van der Waals surface area contributed by atoms with Gasteiger partial charge in [0, 0.05) is 11.8 Å². The molecule has 0 aliphatic heterocycles. The van der Waals surface area contributed by atoms with Crippen LogP contribution in [0.2, 0.25) is 0 Å². The Hall–Kier alpha value is -2.03. The Morgan fingerprint density at radius 3 is 2.72 bits per heavy atom. The van der Waals surface area contributed by atoms with Crippen molar-refractivity contribution in [3.8, 4) is 5.75 Å². The van der Waals surface area contributed by atoms with Crippen molar-refractivity contribution in [2.45, 2.75) is 19.9 Å². The number of benzene rings is 1. The van der Waals surface area contributed by atoms with Crippen LogP contribution in [0.5, 0.6) is 5.75 Å². The summed E-state index contributed by atoms with van der Waals surface area (Å²) in [6, 6.07) is 10.2. The lowest BCUT2D eigenvalue weighted by atomic mass is 10.1. The fraction of sp³-hybridized carbons (Fsp3) is 0.267. The van der Waals surface area contributed by atoms with E-state index in [4.69, 9.17) is 4.74 Å². The molecule has 0 bridgehead atoms. The van der Waals surface area contributed by atoms with Crippen molar-refractivity contribution in [1.29, 1.82) is 0 Å². The molecule has 94 valence electrons. The lowest BCUT2D eigenvalue weighted by Crippen LogP contribution is -2.09. The predicted molar refractivity (Wildman–Crippen MR) is 74.0 cm³/mol. The van der Waals surface area contributed by atoms with Gasteiger partial charge in [-0.2, -0.15) is 0 Å². The molecule has 0 fully saturated rings. The minimum absolute atomic E-state index is 0.170. The summed E-state index contributed by atoms with van der Waals surface area (Å²) in [5, 5.41) is 3.46. The van der Waals surface area contributed by atoms with Crippen molar-refractivity contribution < 1.29 is 4.74 Å². The standard InChI is InChI=1S/C15H18N2O/c1-11-8-9-16-10-14(11)17-12(2)13-6-4-5-7-15(13)18-3/h4-10,12,17H,1-3H3. The average Bonchev–Trinajstić information content (AvgIpc) is 2.41. The maximum Gasteiger partial charge on any atom is 0.124 e. The van der Waals surface area contributed by atoms with Gasteiger partial charge < -0.3 is 10.1 Å². The fourth-order valence-electron chi connectivity index (χ4n) is 1.95. The number of aromatic nitrogens is 1. The predicted octanol–water partition coefficient (Wildman–Crippen LogP) is 3.57. The Labute approximate surface area is 108 Å². The molecule has 0 saturated heterocycles. The van der Waals surface area contributed by atoms with Gasteiger partial charge in [-0.25, -0.2) is 0 Å². The molecule has 1 N–H and O–H groups in total. The van der Waals surface area contributed by atoms with E-state index in [0.29, 0.717) is 0 Å². The molecule has 1 unspecified atom stereocenters. The number of hydrogen-bond donors (Lipinski definition) is 1. The average molecular weight is 242 g/mol. The molecule has 0 aliphatic rings. The van der Waals surface area contributed by atoms with E-state index in [0.717, 1.165) is 17.0 Å². The first-order valence-electron chi connectivity index (χ1n) is 6.02. The van der Waals surface area contributed by atoms with Crippen LogP contribution in [0.15, 0.2) is 42.7 Å². The van der Waals surface area contributed by atoms with Crippen molar-refractivity contribution in [2.75, 3.05) is 12.4 Å². The van der Waals surface area contributed by atoms with Crippen LogP contribution in [0, 0.1) is 6.92 Å². The zero-order chi connectivity index (χ0) is 13.0. The lowest BCUT2D eigenvalue weighted by Gasteiger charge is -2.19. The highest BCUT2D eigenvalue weighted by atomic mass is 16.5. The van der Waals surface area contributed by atoms with Gasteiger partial charge in [0.05, 0.1) is 25.0 Å². The summed E-state index contributed by atoms with van der Waals surface area (Å²) in [6.07, 6.45) is 3.65. The second-order valence-corrected chi connectivity index (χ2v) is 4.30. The molecular weight excluding hydrogens is 224 g/mol. The summed E-state index contributed by atoms with van der Waals surface area (Å²) in [6.45, 7) is 4.18. The van der Waals surface area contributed by atoms with Gasteiger partial charge in [0.15, 0.2) is 0 Å². The number of aryl methyl sites for hydroxylation is 1. The van der Waals surface area contributed by atoms with Crippen LogP contribution in [0.4, 0.5) is 5.69 Å². The number of hydrogen-bond acceptors (Lipinski definition) is 3. The third-order valence-corrected chi connectivity index (χ3v) is 3.02. The molecule has 1 atom stereocenters. The van der Waals surface area contributed by atoms with Crippen molar-refractivity contribution in [2.24, 2.45) is 0 Å². The number of ether oxygens (including phenoxy) is 1. The molecule has 1 aromatic carbocycles. The molecular formula is C15H18N2O. The van der Waals surface area contributed by atoms with Gasteiger partial charge in [-0.1, -0.05) is 18.2 Å². The van der Waals surface area contributed by atoms with E-state index in [1.165, 1.54) is 5.56 Å². The molecule has 18 heavy (non-hydrogen) atoms. The second kappa shape index (κ2) is 5.54. The van der Waals surface area contributed by atoms with Crippen LogP contribution in [0.1, 0.15) is 24.1 Å². The Bertz CT molecular complexity index is 525. The quantitative estimate of drug-likeness (QED) is 0.890. The SMILES string of the molecule is COc1ccccc1C(C)Nc1cnccc1C. The molecule has 0 radical (unpaired) electrons. The van der Waals surface area contributed by atoms with E-state index in [9.17, 15) is 0 Å². The zero-order valence-corrected chi connectivity index (χ0v) is 11.0. The van der Waals surface area contributed by atoms with Gasteiger partial charge in [-0.15, -0.1) is 0 Å². The lowest BCUT2D eigenvalue weighted by molar-refractivity contribution is 0.408. The molecule has 0 aliphatic carbocycles. The van der Waals surface area contributed by atoms with Gasteiger partial charge in [0.2, 0.25) is 0 Å². The molecule has 2 aromatic rings. The van der Waals surface area contributed by atoms with Gasteiger partial charge >= 0.3 is 0 Å². The smallest absolute Gasteiger partial charge is 0.124 e.